The van der Waals surface area contributed by atoms with Gasteiger partial charge in [-0.25, -0.2) is 8.78 Å². The average molecular weight is 481 g/mol. The zero-order valence-corrected chi connectivity index (χ0v) is 17.6. The van der Waals surface area contributed by atoms with Crippen LogP contribution in [0.15, 0.2) is 23.2 Å². The number of hydrogen-bond acceptors (Lipinski definition) is 3. The molecule has 9 heteroatoms. The van der Waals surface area contributed by atoms with Gasteiger partial charge in [-0.15, -0.1) is 24.0 Å². The number of halogens is 3. The number of hydrogen-bond donors (Lipinski definition) is 2. The molecule has 1 unspecified atom stereocenters. The van der Waals surface area contributed by atoms with Crippen LogP contribution in [-0.4, -0.2) is 63.6 Å². The standard InChI is InChI=1S/C17H25F2N5O.HI/c1-20-17(21-9-7-15(25)23(2)3)22-12-8-10-24(11-12)16-13(18)5-4-6-14(16)19;/h4-6,12H,7-11H2,1-3H3,(H2,20,21,22);1H. The molecule has 2 N–H and O–H groups in total. The van der Waals surface area contributed by atoms with Crippen LogP contribution >= 0.6 is 24.0 Å². The lowest BCUT2D eigenvalue weighted by Crippen LogP contribution is -2.45. The number of anilines is 1. The van der Waals surface area contributed by atoms with E-state index in [-0.39, 0.29) is 41.6 Å². The van der Waals surface area contributed by atoms with E-state index in [1.165, 1.54) is 23.1 Å². The minimum atomic E-state index is -0.551. The number of nitrogens with one attached hydrogen (secondary N) is 2. The van der Waals surface area contributed by atoms with Gasteiger partial charge >= 0.3 is 0 Å². The Bertz CT molecular complexity index is 621. The molecule has 0 bridgehead atoms. The van der Waals surface area contributed by atoms with Crippen molar-refractivity contribution >= 4 is 41.5 Å². The first kappa shape index (κ1) is 22.4. The average Bonchev–Trinajstić information content (AvgIpc) is 3.01. The maximum Gasteiger partial charge on any atom is 0.223 e. The zero-order valence-electron chi connectivity index (χ0n) is 15.3. The number of guanidine groups is 1. The van der Waals surface area contributed by atoms with Crippen LogP contribution in [0.5, 0.6) is 0 Å². The zero-order chi connectivity index (χ0) is 18.4. The maximum atomic E-state index is 13.9. The molecule has 1 saturated heterocycles. The number of para-hydroxylation sites is 1. The summed E-state index contributed by atoms with van der Waals surface area (Å²) < 4.78 is 27.8. The molecule has 1 amide bonds. The molecule has 0 aliphatic carbocycles. The first-order valence-electron chi connectivity index (χ1n) is 8.28. The van der Waals surface area contributed by atoms with Gasteiger partial charge in [0.15, 0.2) is 5.96 Å². The second-order valence-electron chi connectivity index (χ2n) is 6.18. The van der Waals surface area contributed by atoms with Crippen molar-refractivity contribution in [1.29, 1.82) is 0 Å². The quantitative estimate of drug-likeness (QED) is 0.383. The van der Waals surface area contributed by atoms with Crippen molar-refractivity contribution in [1.82, 2.24) is 15.5 Å². The molecule has 1 aliphatic heterocycles. The lowest BCUT2D eigenvalue weighted by Gasteiger charge is -2.21. The van der Waals surface area contributed by atoms with Gasteiger partial charge in [-0.2, -0.15) is 0 Å². The summed E-state index contributed by atoms with van der Waals surface area (Å²) in [7, 11) is 5.07. The van der Waals surface area contributed by atoms with Crippen LogP contribution in [0.1, 0.15) is 12.8 Å². The number of aliphatic imine (C=N–C) groups is 1. The van der Waals surface area contributed by atoms with E-state index >= 15 is 0 Å². The van der Waals surface area contributed by atoms with Crippen LogP contribution in [0.25, 0.3) is 0 Å². The highest BCUT2D eigenvalue weighted by atomic mass is 127. The van der Waals surface area contributed by atoms with Gasteiger partial charge in [0.1, 0.15) is 17.3 Å². The fourth-order valence-electron chi connectivity index (χ4n) is 2.77. The molecule has 1 aliphatic rings. The minimum Gasteiger partial charge on any atom is -0.365 e. The molecule has 1 atom stereocenters. The Labute approximate surface area is 170 Å². The van der Waals surface area contributed by atoms with E-state index in [1.807, 2.05) is 0 Å². The van der Waals surface area contributed by atoms with Crippen LogP contribution in [0.2, 0.25) is 0 Å². The van der Waals surface area contributed by atoms with Gasteiger partial charge in [0, 0.05) is 53.2 Å². The number of carbonyl (C=O) groups is 1. The minimum absolute atomic E-state index is 0. The fraction of sp³-hybridized carbons (Fsp3) is 0.529. The maximum absolute atomic E-state index is 13.9. The third kappa shape index (κ3) is 5.96. The largest absolute Gasteiger partial charge is 0.365 e. The van der Waals surface area contributed by atoms with Crippen LogP contribution in [0, 0.1) is 11.6 Å². The van der Waals surface area contributed by atoms with Crippen molar-refractivity contribution in [2.45, 2.75) is 18.9 Å². The van der Waals surface area contributed by atoms with Gasteiger partial charge in [0.2, 0.25) is 5.91 Å². The smallest absolute Gasteiger partial charge is 0.223 e. The van der Waals surface area contributed by atoms with Gasteiger partial charge < -0.3 is 20.4 Å². The fourth-order valence-corrected chi connectivity index (χ4v) is 2.77. The van der Waals surface area contributed by atoms with E-state index in [0.717, 1.165) is 6.42 Å². The molecule has 6 nitrogen and oxygen atoms in total. The SMILES string of the molecule is CN=C(NCCC(=O)N(C)C)NC1CCN(c2c(F)cccc2F)C1.I. The summed E-state index contributed by atoms with van der Waals surface area (Å²) in [5.41, 5.74) is 0.0197. The first-order valence-corrected chi connectivity index (χ1v) is 8.28. The van der Waals surface area contributed by atoms with Gasteiger partial charge in [-0.3, -0.25) is 9.79 Å². The second kappa shape index (κ2) is 10.5. The first-order chi connectivity index (χ1) is 11.9. The van der Waals surface area contributed by atoms with Gasteiger partial charge in [-0.05, 0) is 18.6 Å². The monoisotopic (exact) mass is 481 g/mol. The Hall–Kier alpha value is -1.65. The highest BCUT2D eigenvalue weighted by Gasteiger charge is 2.27. The van der Waals surface area contributed by atoms with E-state index in [2.05, 4.69) is 15.6 Å². The molecule has 26 heavy (non-hydrogen) atoms. The summed E-state index contributed by atoms with van der Waals surface area (Å²) in [5.74, 6) is -0.492. The van der Waals surface area contributed by atoms with Crippen molar-refractivity contribution in [2.24, 2.45) is 4.99 Å². The van der Waals surface area contributed by atoms with E-state index < -0.39 is 11.6 Å². The highest BCUT2D eigenvalue weighted by molar-refractivity contribution is 14.0. The molecule has 1 aromatic carbocycles. The van der Waals surface area contributed by atoms with E-state index in [1.54, 1.807) is 26.0 Å². The molecular weight excluding hydrogens is 455 g/mol. The van der Waals surface area contributed by atoms with Gasteiger partial charge in [0.25, 0.3) is 0 Å². The van der Waals surface area contributed by atoms with Gasteiger partial charge in [-0.1, -0.05) is 6.07 Å². The molecule has 1 heterocycles. The summed E-state index contributed by atoms with van der Waals surface area (Å²) in [5, 5.41) is 6.32. The van der Waals surface area contributed by atoms with E-state index in [9.17, 15) is 13.6 Å². The molecule has 0 saturated carbocycles. The predicted molar refractivity (Wildman–Crippen MR) is 110 cm³/mol. The van der Waals surface area contributed by atoms with E-state index in [0.29, 0.717) is 32.0 Å². The third-order valence-electron chi connectivity index (χ3n) is 4.14. The lowest BCUT2D eigenvalue weighted by molar-refractivity contribution is -0.128. The molecule has 146 valence electrons. The van der Waals surface area contributed by atoms with Crippen molar-refractivity contribution in [3.05, 3.63) is 29.8 Å². The second-order valence-corrected chi connectivity index (χ2v) is 6.18. The number of nitrogens with zero attached hydrogens (tertiary/aromatic N) is 3. The third-order valence-corrected chi connectivity index (χ3v) is 4.14. The number of rotatable bonds is 5. The predicted octanol–water partition coefficient (Wildman–Crippen LogP) is 1.80. The van der Waals surface area contributed by atoms with Gasteiger partial charge in [0.05, 0.1) is 0 Å². The molecule has 0 aromatic heterocycles. The Balaban J connectivity index is 0.00000338. The molecule has 1 aromatic rings. The van der Waals surface area contributed by atoms with Crippen molar-refractivity contribution in [2.75, 3.05) is 45.7 Å². The van der Waals surface area contributed by atoms with Crippen molar-refractivity contribution < 1.29 is 13.6 Å². The van der Waals surface area contributed by atoms with E-state index in [4.69, 9.17) is 0 Å². The number of benzene rings is 1. The van der Waals surface area contributed by atoms with Crippen LogP contribution < -0.4 is 15.5 Å². The highest BCUT2D eigenvalue weighted by Crippen LogP contribution is 2.26. The van der Waals surface area contributed by atoms with Crippen LogP contribution in [0.3, 0.4) is 0 Å². The number of amides is 1. The van der Waals surface area contributed by atoms with Crippen molar-refractivity contribution in [3.63, 3.8) is 0 Å². The summed E-state index contributed by atoms with van der Waals surface area (Å²) in [4.78, 5) is 18.9. The topological polar surface area (TPSA) is 60.0 Å². The van der Waals surface area contributed by atoms with Crippen molar-refractivity contribution in [3.8, 4) is 0 Å². The normalized spacial score (nSPS) is 16.9. The summed E-state index contributed by atoms with van der Waals surface area (Å²) in [6.45, 7) is 1.51. The van der Waals surface area contributed by atoms with Crippen LogP contribution in [0.4, 0.5) is 14.5 Å². The number of carbonyl (C=O) groups excluding carboxylic acids is 1. The Morgan fingerprint density at radius 1 is 1.35 bits per heavy atom. The lowest BCUT2D eigenvalue weighted by atomic mass is 10.2. The molecule has 0 radical (unpaired) electrons. The molecule has 1 fully saturated rings. The summed E-state index contributed by atoms with van der Waals surface area (Å²) in [6.07, 6.45) is 1.11. The Kier molecular flexibility index (Phi) is 9.03. The Morgan fingerprint density at radius 3 is 2.58 bits per heavy atom. The molecular formula is C17H26F2IN5O. The molecule has 0 spiro atoms. The summed E-state index contributed by atoms with van der Waals surface area (Å²) in [6, 6.07) is 3.92. The summed E-state index contributed by atoms with van der Waals surface area (Å²) >= 11 is 0. The molecule has 2 rings (SSSR count). The Morgan fingerprint density at radius 2 is 2.00 bits per heavy atom. The van der Waals surface area contributed by atoms with Crippen LogP contribution in [-0.2, 0) is 4.79 Å².